The largest absolute Gasteiger partial charge is 0.417 e. The quantitative estimate of drug-likeness (QED) is 0.892. The van der Waals surface area contributed by atoms with Crippen LogP contribution in [0.2, 0.25) is 0 Å². The van der Waals surface area contributed by atoms with Gasteiger partial charge < -0.3 is 0 Å². The minimum Gasteiger partial charge on any atom is -0.272 e. The summed E-state index contributed by atoms with van der Waals surface area (Å²) >= 11 is 0. The molecule has 2 rings (SSSR count). The molecule has 0 saturated heterocycles. The van der Waals surface area contributed by atoms with E-state index in [1.54, 1.807) is 14.0 Å². The molecule has 0 saturated carbocycles. The van der Waals surface area contributed by atoms with Crippen LogP contribution in [-0.4, -0.2) is 29.7 Å². The fourth-order valence-corrected chi connectivity index (χ4v) is 3.11. The Balaban J connectivity index is 1.98. The minimum absolute atomic E-state index is 0.0228. The van der Waals surface area contributed by atoms with E-state index in [4.69, 9.17) is 0 Å². The summed E-state index contributed by atoms with van der Waals surface area (Å²) < 4.78 is 65.3. The van der Waals surface area contributed by atoms with Crippen molar-refractivity contribution in [3.63, 3.8) is 0 Å². The highest BCUT2D eigenvalue weighted by molar-refractivity contribution is 7.89. The number of sulfonamides is 1. The molecule has 2 aromatic heterocycles. The van der Waals surface area contributed by atoms with Crippen LogP contribution >= 0.6 is 0 Å². The first-order valence-electron chi connectivity index (χ1n) is 6.61. The van der Waals surface area contributed by atoms with Gasteiger partial charge in [-0.3, -0.25) is 9.67 Å². The number of pyridine rings is 1. The molecule has 0 unspecified atom stereocenters. The summed E-state index contributed by atoms with van der Waals surface area (Å²) in [5.41, 5.74) is 0.0154. The van der Waals surface area contributed by atoms with E-state index in [2.05, 4.69) is 14.8 Å². The predicted octanol–water partition coefficient (Wildman–Crippen LogP) is 1.66. The third kappa shape index (κ3) is 4.08. The van der Waals surface area contributed by atoms with E-state index in [0.717, 1.165) is 12.3 Å². The van der Waals surface area contributed by atoms with E-state index in [9.17, 15) is 21.6 Å². The molecule has 10 heteroatoms. The molecular formula is C13H15F3N4O2S. The summed E-state index contributed by atoms with van der Waals surface area (Å²) in [4.78, 5) is 3.76. The zero-order valence-electron chi connectivity index (χ0n) is 12.4. The van der Waals surface area contributed by atoms with Crippen LogP contribution in [0.4, 0.5) is 13.2 Å². The van der Waals surface area contributed by atoms with E-state index < -0.39 is 21.8 Å². The van der Waals surface area contributed by atoms with Crippen molar-refractivity contribution in [2.45, 2.75) is 24.4 Å². The second-order valence-corrected chi connectivity index (χ2v) is 6.64. The van der Waals surface area contributed by atoms with Crippen molar-refractivity contribution in [3.05, 3.63) is 41.5 Å². The molecule has 2 aromatic rings. The Morgan fingerprint density at radius 2 is 1.96 bits per heavy atom. The maximum atomic E-state index is 12.4. The van der Waals surface area contributed by atoms with Crippen LogP contribution in [0.1, 0.15) is 17.0 Å². The third-order valence-electron chi connectivity index (χ3n) is 3.30. The van der Waals surface area contributed by atoms with Crippen LogP contribution < -0.4 is 4.72 Å². The van der Waals surface area contributed by atoms with E-state index in [1.807, 2.05) is 0 Å². The molecule has 6 nitrogen and oxygen atoms in total. The normalized spacial score (nSPS) is 12.6. The minimum atomic E-state index is -4.44. The highest BCUT2D eigenvalue weighted by Crippen LogP contribution is 2.28. The van der Waals surface area contributed by atoms with Crippen molar-refractivity contribution in [2.75, 3.05) is 6.54 Å². The highest BCUT2D eigenvalue weighted by atomic mass is 32.2. The molecule has 1 N–H and O–H groups in total. The second kappa shape index (κ2) is 6.28. The summed E-state index contributed by atoms with van der Waals surface area (Å²) in [6, 6.07) is 2.15. The Kier molecular flexibility index (Phi) is 4.76. The number of aromatic nitrogens is 3. The van der Waals surface area contributed by atoms with Crippen molar-refractivity contribution in [3.8, 4) is 0 Å². The Bertz CT molecular complexity index is 783. The Labute approximate surface area is 131 Å². The molecule has 0 radical (unpaired) electrons. The lowest BCUT2D eigenvalue weighted by atomic mass is 10.2. The fraction of sp³-hybridized carbons (Fsp3) is 0.385. The van der Waals surface area contributed by atoms with Crippen molar-refractivity contribution >= 4 is 10.0 Å². The number of rotatable bonds is 5. The molecule has 0 amide bonds. The Hall–Kier alpha value is -1.94. The summed E-state index contributed by atoms with van der Waals surface area (Å²) in [6.45, 7) is 1.65. The summed E-state index contributed by atoms with van der Waals surface area (Å²) in [5.74, 6) is 0. The molecule has 2 heterocycles. The molecule has 23 heavy (non-hydrogen) atoms. The molecule has 126 valence electrons. The Morgan fingerprint density at radius 1 is 1.26 bits per heavy atom. The van der Waals surface area contributed by atoms with Gasteiger partial charge in [0.25, 0.3) is 0 Å². The maximum Gasteiger partial charge on any atom is 0.417 e. The zero-order valence-corrected chi connectivity index (χ0v) is 13.2. The van der Waals surface area contributed by atoms with Crippen molar-refractivity contribution in [1.82, 2.24) is 19.5 Å². The number of hydrogen-bond acceptors (Lipinski definition) is 4. The lowest BCUT2D eigenvalue weighted by molar-refractivity contribution is -0.137. The van der Waals surface area contributed by atoms with Gasteiger partial charge in [0.05, 0.1) is 17.5 Å². The lowest BCUT2D eigenvalue weighted by Crippen LogP contribution is -2.26. The topological polar surface area (TPSA) is 76.9 Å². The highest BCUT2D eigenvalue weighted by Gasteiger charge is 2.30. The number of nitrogens with zero attached hydrogens (tertiary/aromatic N) is 3. The molecule has 0 bridgehead atoms. The van der Waals surface area contributed by atoms with Gasteiger partial charge in [0.15, 0.2) is 0 Å². The van der Waals surface area contributed by atoms with Crippen LogP contribution in [0, 0.1) is 6.92 Å². The van der Waals surface area contributed by atoms with Crippen LogP contribution in [0.5, 0.6) is 0 Å². The zero-order chi connectivity index (χ0) is 17.3. The molecule has 0 aliphatic heterocycles. The fourth-order valence-electron chi connectivity index (χ4n) is 1.87. The SMILES string of the molecule is Cc1c(S(=O)(=O)NCCc2ccc(C(F)(F)F)cn2)cnn1C. The van der Waals surface area contributed by atoms with Crippen molar-refractivity contribution in [1.29, 1.82) is 0 Å². The molecule has 0 aliphatic rings. The van der Waals surface area contributed by atoms with Gasteiger partial charge in [0, 0.05) is 31.9 Å². The van der Waals surface area contributed by atoms with Gasteiger partial charge in [-0.1, -0.05) is 0 Å². The summed E-state index contributed by atoms with van der Waals surface area (Å²) in [5, 5.41) is 3.86. The first kappa shape index (κ1) is 17.4. The van der Waals surface area contributed by atoms with Gasteiger partial charge >= 0.3 is 6.18 Å². The van der Waals surface area contributed by atoms with Gasteiger partial charge in [0.2, 0.25) is 10.0 Å². The third-order valence-corrected chi connectivity index (χ3v) is 4.87. The van der Waals surface area contributed by atoms with Crippen LogP contribution in [0.15, 0.2) is 29.4 Å². The Morgan fingerprint density at radius 3 is 2.43 bits per heavy atom. The number of halogens is 3. The van der Waals surface area contributed by atoms with Gasteiger partial charge in [-0.05, 0) is 19.1 Å². The summed E-state index contributed by atoms with van der Waals surface area (Å²) in [7, 11) is -2.09. The number of hydrogen-bond donors (Lipinski definition) is 1. The van der Waals surface area contributed by atoms with E-state index in [-0.39, 0.29) is 17.9 Å². The average Bonchev–Trinajstić information content (AvgIpc) is 2.79. The molecule has 0 aromatic carbocycles. The number of aryl methyl sites for hydroxylation is 1. The van der Waals surface area contributed by atoms with Crippen LogP contribution in [-0.2, 0) is 29.7 Å². The van der Waals surface area contributed by atoms with Gasteiger partial charge in [-0.25, -0.2) is 13.1 Å². The first-order chi connectivity index (χ1) is 10.6. The second-order valence-electron chi connectivity index (χ2n) is 4.90. The number of alkyl halides is 3. The molecule has 0 atom stereocenters. The average molecular weight is 348 g/mol. The smallest absolute Gasteiger partial charge is 0.272 e. The standard InChI is InChI=1S/C13H15F3N4O2S/c1-9-12(8-18-20(9)2)23(21,22)19-6-5-11-4-3-10(7-17-11)13(14,15)16/h3-4,7-8,19H,5-6H2,1-2H3. The van der Waals surface area contributed by atoms with Crippen molar-refractivity contribution < 1.29 is 21.6 Å². The van der Waals surface area contributed by atoms with E-state index in [0.29, 0.717) is 11.4 Å². The maximum absolute atomic E-state index is 12.4. The van der Waals surface area contributed by atoms with Gasteiger partial charge in [0.1, 0.15) is 4.90 Å². The molecule has 0 spiro atoms. The molecule has 0 fully saturated rings. The predicted molar refractivity (Wildman–Crippen MR) is 76.1 cm³/mol. The molecule has 0 aliphatic carbocycles. The van der Waals surface area contributed by atoms with E-state index >= 15 is 0 Å². The van der Waals surface area contributed by atoms with Crippen LogP contribution in [0.25, 0.3) is 0 Å². The van der Waals surface area contributed by atoms with E-state index in [1.165, 1.54) is 16.9 Å². The monoisotopic (exact) mass is 348 g/mol. The summed E-state index contributed by atoms with van der Waals surface area (Å²) in [6.07, 6.45) is -2.29. The first-order valence-corrected chi connectivity index (χ1v) is 8.10. The lowest BCUT2D eigenvalue weighted by Gasteiger charge is -2.08. The van der Waals surface area contributed by atoms with Gasteiger partial charge in [-0.15, -0.1) is 0 Å². The van der Waals surface area contributed by atoms with Crippen LogP contribution in [0.3, 0.4) is 0 Å². The molecular weight excluding hydrogens is 333 g/mol. The van der Waals surface area contributed by atoms with Gasteiger partial charge in [-0.2, -0.15) is 18.3 Å². The number of nitrogens with one attached hydrogen (secondary N) is 1. The van der Waals surface area contributed by atoms with Crippen molar-refractivity contribution in [2.24, 2.45) is 7.05 Å².